The summed E-state index contributed by atoms with van der Waals surface area (Å²) in [4.78, 5) is 0. The molecule has 2 aliphatic heterocycles. The molecule has 2 bridgehead atoms. The van der Waals surface area contributed by atoms with Gasteiger partial charge in [-0.15, -0.1) is 0 Å². The molecular weight excluding hydrogens is 388 g/mol. The fourth-order valence-corrected chi connectivity index (χ4v) is 7.69. The predicted molar refractivity (Wildman–Crippen MR) is 125 cm³/mol. The molecule has 6 atom stereocenters. The lowest BCUT2D eigenvalue weighted by molar-refractivity contribution is -0.00688. The summed E-state index contributed by atoms with van der Waals surface area (Å²) in [5.41, 5.74) is 7.78. The van der Waals surface area contributed by atoms with E-state index in [4.69, 9.17) is 10.2 Å². The van der Waals surface area contributed by atoms with Crippen LogP contribution in [0.4, 0.5) is 0 Å². The number of azo groups is 1. The maximum absolute atomic E-state index is 5.34. The van der Waals surface area contributed by atoms with Gasteiger partial charge < -0.3 is 0 Å². The van der Waals surface area contributed by atoms with Crippen LogP contribution >= 0.6 is 0 Å². The second kappa shape index (κ2) is 5.63. The molecule has 0 aromatic heterocycles. The summed E-state index contributed by atoms with van der Waals surface area (Å²) in [6.45, 7) is 0. The fraction of sp³-hybridized carbons (Fsp3) is 0.200. The maximum atomic E-state index is 5.34. The van der Waals surface area contributed by atoms with E-state index in [0.29, 0.717) is 23.7 Å². The summed E-state index contributed by atoms with van der Waals surface area (Å²) in [6, 6.07) is 40.0. The van der Waals surface area contributed by atoms with Crippen molar-refractivity contribution in [2.45, 2.75) is 34.7 Å². The lowest BCUT2D eigenvalue weighted by Gasteiger charge is -2.71. The minimum absolute atomic E-state index is 0.337. The number of nitrogens with zero attached hydrogens (tertiary/aromatic N) is 2. The quantitative estimate of drug-likeness (QED) is 0.339. The molecule has 152 valence electrons. The van der Waals surface area contributed by atoms with Gasteiger partial charge in [-0.1, -0.05) is 109 Å². The lowest BCUT2D eigenvalue weighted by atomic mass is 9.34. The number of benzene rings is 4. The molecule has 0 spiro atoms. The van der Waals surface area contributed by atoms with Crippen LogP contribution in [-0.4, -0.2) is 0 Å². The Labute approximate surface area is 187 Å². The van der Waals surface area contributed by atoms with Crippen molar-refractivity contribution in [2.75, 3.05) is 0 Å². The highest BCUT2D eigenvalue weighted by molar-refractivity contribution is 5.66. The Bertz CT molecular complexity index is 1240. The summed E-state index contributed by atoms with van der Waals surface area (Å²) in [5.74, 6) is 1.36. The molecule has 2 nitrogen and oxygen atoms in total. The largest absolute Gasteiger partial charge is 0.180 e. The first-order chi connectivity index (χ1) is 15.9. The Hall–Kier alpha value is -3.52. The fourth-order valence-electron chi connectivity index (χ4n) is 7.69. The van der Waals surface area contributed by atoms with Gasteiger partial charge in [-0.05, 0) is 33.4 Å². The zero-order chi connectivity index (χ0) is 20.9. The Kier molecular flexibility index (Phi) is 3.01. The van der Waals surface area contributed by atoms with E-state index >= 15 is 0 Å². The van der Waals surface area contributed by atoms with Gasteiger partial charge in [0.1, 0.15) is 11.1 Å². The molecule has 9 rings (SSSR count). The van der Waals surface area contributed by atoms with Crippen molar-refractivity contribution in [1.82, 2.24) is 0 Å². The molecule has 5 aliphatic rings. The molecule has 0 N–H and O–H groups in total. The van der Waals surface area contributed by atoms with Gasteiger partial charge in [0.05, 0.1) is 0 Å². The lowest BCUT2D eigenvalue weighted by Crippen LogP contribution is -2.66. The van der Waals surface area contributed by atoms with Gasteiger partial charge in [0.15, 0.2) is 0 Å². The summed E-state index contributed by atoms with van der Waals surface area (Å²) >= 11 is 0. The van der Waals surface area contributed by atoms with Gasteiger partial charge in [-0.3, -0.25) is 0 Å². The van der Waals surface area contributed by atoms with Crippen LogP contribution in [0.5, 0.6) is 0 Å². The summed E-state index contributed by atoms with van der Waals surface area (Å²) in [7, 11) is 0. The topological polar surface area (TPSA) is 24.7 Å². The van der Waals surface area contributed by atoms with Crippen LogP contribution in [0.25, 0.3) is 0 Å². The Morgan fingerprint density at radius 3 is 0.969 bits per heavy atom. The highest BCUT2D eigenvalue weighted by atomic mass is 15.3. The van der Waals surface area contributed by atoms with Crippen molar-refractivity contribution in [2.24, 2.45) is 10.2 Å². The van der Waals surface area contributed by atoms with Gasteiger partial charge in [0.25, 0.3) is 0 Å². The van der Waals surface area contributed by atoms with E-state index in [9.17, 15) is 0 Å². The smallest absolute Gasteiger partial charge is 0.121 e. The Balaban J connectivity index is 1.51. The third-order valence-electron chi connectivity index (χ3n) is 8.75. The molecule has 4 aromatic carbocycles. The maximum Gasteiger partial charge on any atom is 0.121 e. The van der Waals surface area contributed by atoms with Crippen molar-refractivity contribution < 1.29 is 0 Å². The van der Waals surface area contributed by atoms with Crippen LogP contribution in [0.2, 0.25) is 0 Å². The van der Waals surface area contributed by atoms with Crippen LogP contribution < -0.4 is 0 Å². The SMILES string of the molecule is c1ccc(C23N=NC(c4ccccc4)([C@@H]4c5ccccc5[C@@H]42)[C@H]2c4ccccc4[C@H]23)cc1. The van der Waals surface area contributed by atoms with Crippen LogP contribution in [-0.2, 0) is 11.1 Å². The highest BCUT2D eigenvalue weighted by Crippen LogP contribution is 2.82. The number of hydrogen-bond acceptors (Lipinski definition) is 2. The Morgan fingerprint density at radius 2 is 0.656 bits per heavy atom. The molecule has 2 heteroatoms. The minimum atomic E-state index is -0.337. The average Bonchev–Trinajstić information content (AvgIpc) is 2.85. The van der Waals surface area contributed by atoms with E-state index in [-0.39, 0.29) is 11.1 Å². The first-order valence-corrected chi connectivity index (χ1v) is 11.6. The highest BCUT2D eigenvalue weighted by Gasteiger charge is 2.77. The van der Waals surface area contributed by atoms with E-state index in [1.54, 1.807) is 0 Å². The zero-order valence-electron chi connectivity index (χ0n) is 17.6. The van der Waals surface area contributed by atoms with Crippen molar-refractivity contribution in [3.8, 4) is 0 Å². The van der Waals surface area contributed by atoms with Crippen molar-refractivity contribution >= 4 is 0 Å². The van der Waals surface area contributed by atoms with Crippen LogP contribution in [0.1, 0.15) is 57.1 Å². The average molecular weight is 411 g/mol. The first-order valence-electron chi connectivity index (χ1n) is 11.6. The van der Waals surface area contributed by atoms with E-state index in [1.165, 1.54) is 33.4 Å². The van der Waals surface area contributed by atoms with Gasteiger partial charge >= 0.3 is 0 Å². The molecular formula is C30H22N2. The van der Waals surface area contributed by atoms with Crippen molar-refractivity contribution in [1.29, 1.82) is 0 Å². The number of rotatable bonds is 2. The van der Waals surface area contributed by atoms with Crippen molar-refractivity contribution in [3.05, 3.63) is 143 Å². The molecule has 1 fully saturated rings. The van der Waals surface area contributed by atoms with Gasteiger partial charge in [-0.25, -0.2) is 0 Å². The van der Waals surface area contributed by atoms with E-state index in [1.807, 2.05) is 0 Å². The molecule has 4 aromatic rings. The van der Waals surface area contributed by atoms with Crippen LogP contribution in [0.15, 0.2) is 119 Å². The molecule has 0 radical (unpaired) electrons. The molecule has 2 heterocycles. The third-order valence-corrected chi connectivity index (χ3v) is 8.75. The predicted octanol–water partition coefficient (Wildman–Crippen LogP) is 7.02. The zero-order valence-corrected chi connectivity index (χ0v) is 17.6. The molecule has 0 saturated heterocycles. The molecule has 0 amide bonds. The second-order valence-electron chi connectivity index (χ2n) is 9.75. The third kappa shape index (κ3) is 1.67. The van der Waals surface area contributed by atoms with E-state index < -0.39 is 0 Å². The summed E-state index contributed by atoms with van der Waals surface area (Å²) < 4.78 is 0. The number of fused-ring (bicyclic) bond motifs is 2. The van der Waals surface area contributed by atoms with Gasteiger partial charge in [0, 0.05) is 23.7 Å². The summed E-state index contributed by atoms with van der Waals surface area (Å²) in [6.07, 6.45) is 0. The molecule has 32 heavy (non-hydrogen) atoms. The Morgan fingerprint density at radius 1 is 0.375 bits per heavy atom. The van der Waals surface area contributed by atoms with E-state index in [0.717, 1.165) is 0 Å². The minimum Gasteiger partial charge on any atom is -0.180 e. The second-order valence-corrected chi connectivity index (χ2v) is 9.75. The summed E-state index contributed by atoms with van der Waals surface area (Å²) in [5, 5.41) is 10.7. The van der Waals surface area contributed by atoms with Crippen LogP contribution in [0, 0.1) is 0 Å². The normalized spacial score (nSPS) is 34.4. The molecule has 1 saturated carbocycles. The standard InChI is InChI=1S/C30H22N2/c1-3-11-19(12-4-1)29-25-21-15-7-9-17-23(21)27(25)30(32-31-29,20-13-5-2-6-14-20)28-24-18-10-8-16-22(24)26(28)29/h1-18,25-28H/t25-,26+,27+,28-,29?,30?. The molecule has 2 unspecified atom stereocenters. The van der Waals surface area contributed by atoms with E-state index in [2.05, 4.69) is 109 Å². The van der Waals surface area contributed by atoms with Gasteiger partial charge in [-0.2, -0.15) is 10.2 Å². The monoisotopic (exact) mass is 410 g/mol. The molecule has 3 aliphatic carbocycles. The van der Waals surface area contributed by atoms with Gasteiger partial charge in [0.2, 0.25) is 0 Å². The van der Waals surface area contributed by atoms with Crippen LogP contribution in [0.3, 0.4) is 0 Å². The number of hydrogen-bond donors (Lipinski definition) is 0. The first kappa shape index (κ1) is 17.1. The van der Waals surface area contributed by atoms with Crippen molar-refractivity contribution in [3.63, 3.8) is 0 Å².